The Labute approximate surface area is 245 Å². The summed E-state index contributed by atoms with van der Waals surface area (Å²) in [6.07, 6.45) is -7.54. The minimum Gasteiger partial charge on any atom is -0.474 e. The fraction of sp³-hybridized carbons (Fsp3) is 0.115. The van der Waals surface area contributed by atoms with Gasteiger partial charge in [-0.15, -0.1) is 0 Å². The van der Waals surface area contributed by atoms with Crippen LogP contribution in [0.2, 0.25) is 0 Å². The number of rotatable bonds is 9. The van der Waals surface area contributed by atoms with Crippen LogP contribution in [0.4, 0.5) is 32.4 Å². The van der Waals surface area contributed by atoms with Gasteiger partial charge in [0.25, 0.3) is 11.6 Å². The second-order valence-corrected chi connectivity index (χ2v) is 9.09. The number of non-ortho nitro benzene ring substituents is 1. The molecule has 224 valence electrons. The fourth-order valence-electron chi connectivity index (χ4n) is 3.51. The van der Waals surface area contributed by atoms with Gasteiger partial charge in [0.15, 0.2) is 16.2 Å². The highest BCUT2D eigenvalue weighted by atomic mass is 79.9. The number of nitrogens with zero attached hydrogens (tertiary/aromatic N) is 2. The number of hydrogen-bond acceptors (Lipinski definition) is 9. The molecule has 1 heterocycles. The van der Waals surface area contributed by atoms with Crippen molar-refractivity contribution in [2.45, 2.75) is 12.3 Å². The molecule has 17 heteroatoms. The number of ether oxygens (including phenoxy) is 3. The number of nitro benzene ring substituents is 1. The van der Waals surface area contributed by atoms with Crippen LogP contribution in [0.3, 0.4) is 0 Å². The Bertz CT molecular complexity index is 1680. The summed E-state index contributed by atoms with van der Waals surface area (Å²) in [5.74, 6) is -5.46. The zero-order valence-electron chi connectivity index (χ0n) is 21.1. The van der Waals surface area contributed by atoms with E-state index in [0.717, 1.165) is 54.6 Å². The van der Waals surface area contributed by atoms with Crippen LogP contribution >= 0.6 is 15.9 Å². The molecule has 0 saturated heterocycles. The number of halogens is 6. The van der Waals surface area contributed by atoms with Crippen molar-refractivity contribution in [2.24, 2.45) is 5.73 Å². The Balaban J connectivity index is 1.62. The second-order valence-electron chi connectivity index (χ2n) is 8.37. The number of nitro groups is 1. The summed E-state index contributed by atoms with van der Waals surface area (Å²) < 4.78 is 88.7. The molecule has 0 fully saturated rings. The van der Waals surface area contributed by atoms with Crippen molar-refractivity contribution in [2.75, 3.05) is 6.61 Å². The quantitative estimate of drug-likeness (QED) is 0.0668. The lowest BCUT2D eigenvalue weighted by Crippen LogP contribution is -2.21. The van der Waals surface area contributed by atoms with Crippen molar-refractivity contribution in [1.29, 1.82) is 0 Å². The normalized spacial score (nSPS) is 12.0. The first-order chi connectivity index (χ1) is 20.2. The molecule has 0 aliphatic carbocycles. The average Bonchev–Trinajstić information content (AvgIpc) is 3.33. The first kappa shape index (κ1) is 30.9. The summed E-state index contributed by atoms with van der Waals surface area (Å²) in [6.45, 7) is -0.798. The molecule has 3 aromatic carbocycles. The Morgan fingerprint density at radius 2 is 1.70 bits per heavy atom. The van der Waals surface area contributed by atoms with E-state index >= 15 is 0 Å². The lowest BCUT2D eigenvalue weighted by atomic mass is 10.1. The highest BCUT2D eigenvalue weighted by molar-refractivity contribution is 9.10. The van der Waals surface area contributed by atoms with Gasteiger partial charge in [-0.05, 0) is 52.3 Å². The molecule has 43 heavy (non-hydrogen) atoms. The van der Waals surface area contributed by atoms with Gasteiger partial charge in [-0.2, -0.15) is 13.2 Å². The number of aromatic nitrogens is 1. The number of oxazole rings is 1. The standard InChI is InChI=1S/C26H15BrF5N3O8/c27-22-21(12-1-3-13(4-2-12)26(30,31)32)34-24(43-22)18(42-17-10-9-16(28)19(20(17)29)23(33)36)11-40-25(37)41-15-7-5-14(6-8-15)35(38)39/h1-10,18H,11H2,(H2,33,36). The smallest absolute Gasteiger partial charge is 0.474 e. The van der Waals surface area contributed by atoms with E-state index < -0.39 is 70.3 Å². The molecule has 0 spiro atoms. The first-order valence-corrected chi connectivity index (χ1v) is 12.4. The average molecular weight is 672 g/mol. The van der Waals surface area contributed by atoms with Crippen molar-refractivity contribution in [3.8, 4) is 22.8 Å². The number of amides is 1. The SMILES string of the molecule is NC(=O)c1c(F)ccc(OC(COC(=O)Oc2ccc([N+](=O)[O-])cc2)c2nc(-c3ccc(C(F)(F)F)cc3)c(Br)o2)c1F. The topological polar surface area (TPSA) is 157 Å². The van der Waals surface area contributed by atoms with Gasteiger partial charge in [-0.25, -0.2) is 18.6 Å². The lowest BCUT2D eigenvalue weighted by molar-refractivity contribution is -0.384. The third kappa shape index (κ3) is 7.24. The Hall–Kier alpha value is -5.06. The van der Waals surface area contributed by atoms with E-state index in [1.54, 1.807) is 0 Å². The molecule has 0 radical (unpaired) electrons. The van der Waals surface area contributed by atoms with Gasteiger partial charge in [-0.1, -0.05) is 12.1 Å². The third-order valence-electron chi connectivity index (χ3n) is 5.54. The monoisotopic (exact) mass is 671 g/mol. The summed E-state index contributed by atoms with van der Waals surface area (Å²) in [7, 11) is 0. The molecule has 1 unspecified atom stereocenters. The highest BCUT2D eigenvalue weighted by Crippen LogP contribution is 2.36. The molecule has 4 aromatic rings. The van der Waals surface area contributed by atoms with E-state index in [0.29, 0.717) is 6.07 Å². The number of benzene rings is 3. The van der Waals surface area contributed by atoms with Crippen molar-refractivity contribution < 1.29 is 55.1 Å². The summed E-state index contributed by atoms with van der Waals surface area (Å²) in [5, 5.41) is 10.8. The minimum absolute atomic E-state index is 0.0109. The highest BCUT2D eigenvalue weighted by Gasteiger charge is 2.31. The maximum Gasteiger partial charge on any atom is 0.513 e. The molecule has 0 saturated carbocycles. The maximum atomic E-state index is 14.9. The number of alkyl halides is 3. The largest absolute Gasteiger partial charge is 0.513 e. The Morgan fingerprint density at radius 1 is 1.05 bits per heavy atom. The molecule has 0 aliphatic rings. The van der Waals surface area contributed by atoms with Crippen molar-refractivity contribution in [3.05, 3.63) is 104 Å². The molecule has 1 aromatic heterocycles. The Morgan fingerprint density at radius 3 is 2.28 bits per heavy atom. The van der Waals surface area contributed by atoms with Gasteiger partial charge in [-0.3, -0.25) is 14.9 Å². The molecule has 4 rings (SSSR count). The summed E-state index contributed by atoms with van der Waals surface area (Å²) in [4.78, 5) is 38.1. The van der Waals surface area contributed by atoms with E-state index in [2.05, 4.69) is 20.9 Å². The first-order valence-electron chi connectivity index (χ1n) is 11.6. The van der Waals surface area contributed by atoms with Crippen molar-refractivity contribution in [3.63, 3.8) is 0 Å². The fourth-order valence-corrected chi connectivity index (χ4v) is 4.00. The van der Waals surface area contributed by atoms with Crippen LogP contribution in [-0.4, -0.2) is 28.6 Å². The van der Waals surface area contributed by atoms with Crippen LogP contribution < -0.4 is 15.2 Å². The summed E-state index contributed by atoms with van der Waals surface area (Å²) in [6, 6.07) is 9.71. The zero-order chi connectivity index (χ0) is 31.5. The van der Waals surface area contributed by atoms with Gasteiger partial charge >= 0.3 is 12.3 Å². The molecule has 1 atom stereocenters. The van der Waals surface area contributed by atoms with E-state index in [4.69, 9.17) is 24.4 Å². The molecular formula is C26H15BrF5N3O8. The van der Waals surface area contributed by atoms with Crippen LogP contribution in [0.1, 0.15) is 27.9 Å². The van der Waals surface area contributed by atoms with Crippen molar-refractivity contribution in [1.82, 2.24) is 4.98 Å². The molecule has 0 aliphatic heterocycles. The van der Waals surface area contributed by atoms with Crippen LogP contribution in [0.15, 0.2) is 69.8 Å². The van der Waals surface area contributed by atoms with Crippen LogP contribution in [0.25, 0.3) is 11.3 Å². The van der Waals surface area contributed by atoms with Gasteiger partial charge in [0.05, 0.1) is 10.5 Å². The van der Waals surface area contributed by atoms with Gasteiger partial charge in [0.2, 0.25) is 12.0 Å². The summed E-state index contributed by atoms with van der Waals surface area (Å²) >= 11 is 3.09. The van der Waals surface area contributed by atoms with Crippen molar-refractivity contribution >= 4 is 33.7 Å². The molecular weight excluding hydrogens is 657 g/mol. The number of nitrogens with two attached hydrogens (primary N) is 1. The van der Waals surface area contributed by atoms with Crippen LogP contribution in [0.5, 0.6) is 11.5 Å². The van der Waals surface area contributed by atoms with E-state index in [9.17, 15) is 41.7 Å². The summed E-state index contributed by atoms with van der Waals surface area (Å²) in [5.41, 5.74) is 2.88. The van der Waals surface area contributed by atoms with Crippen LogP contribution in [0, 0.1) is 21.7 Å². The van der Waals surface area contributed by atoms with E-state index in [1.165, 1.54) is 0 Å². The molecule has 11 nitrogen and oxygen atoms in total. The lowest BCUT2D eigenvalue weighted by Gasteiger charge is -2.17. The minimum atomic E-state index is -4.59. The molecule has 2 N–H and O–H groups in total. The maximum absolute atomic E-state index is 14.9. The van der Waals surface area contributed by atoms with Gasteiger partial charge in [0, 0.05) is 17.7 Å². The van der Waals surface area contributed by atoms with E-state index in [-0.39, 0.29) is 27.4 Å². The molecule has 1 amide bonds. The number of hydrogen-bond donors (Lipinski definition) is 1. The predicted octanol–water partition coefficient (Wildman–Crippen LogP) is 6.74. The molecule has 0 bridgehead atoms. The Kier molecular flexibility index (Phi) is 8.93. The third-order valence-corrected chi connectivity index (χ3v) is 6.07. The number of carbonyl (C=O) groups is 2. The number of carbonyl (C=O) groups excluding carboxylic acids is 2. The number of primary amides is 1. The van der Waals surface area contributed by atoms with Gasteiger partial charge in [0.1, 0.15) is 29.4 Å². The van der Waals surface area contributed by atoms with Gasteiger partial charge < -0.3 is 24.4 Å². The van der Waals surface area contributed by atoms with Crippen LogP contribution in [-0.2, 0) is 10.9 Å². The second kappa shape index (κ2) is 12.4. The zero-order valence-corrected chi connectivity index (χ0v) is 22.6. The predicted molar refractivity (Wildman–Crippen MR) is 138 cm³/mol. The van der Waals surface area contributed by atoms with E-state index in [1.807, 2.05) is 0 Å².